The molecule has 0 saturated carbocycles. The summed E-state index contributed by atoms with van der Waals surface area (Å²) in [5, 5.41) is 9.48. The number of nitrogens with zero attached hydrogens (tertiary/aromatic N) is 4. The third kappa shape index (κ3) is 4.53. The quantitative estimate of drug-likeness (QED) is 0.188. The molecule has 0 bridgehead atoms. The minimum absolute atomic E-state index is 0.612. The molecule has 0 amide bonds. The van der Waals surface area contributed by atoms with Crippen molar-refractivity contribution in [1.82, 2.24) is 19.5 Å². The lowest BCUT2D eigenvalue weighted by atomic mass is 10.0. The number of aromatic nitrogens is 4. The smallest absolute Gasteiger partial charge is 0.164 e. The minimum Gasteiger partial charge on any atom is -0.456 e. The fraction of sp³-hybridized carbons (Fsp3) is 0. The molecule has 0 aliphatic heterocycles. The van der Waals surface area contributed by atoms with Crippen molar-refractivity contribution in [2.75, 3.05) is 0 Å². The average Bonchev–Trinajstić information content (AvgIpc) is 3.73. The van der Waals surface area contributed by atoms with Crippen molar-refractivity contribution in [3.8, 4) is 39.9 Å². The molecule has 3 aromatic heterocycles. The number of benzene rings is 8. The van der Waals surface area contributed by atoms with Crippen LogP contribution < -0.4 is 0 Å². The number of para-hydroxylation sites is 1. The van der Waals surface area contributed by atoms with Crippen LogP contribution in [0, 0.1) is 0 Å². The van der Waals surface area contributed by atoms with Gasteiger partial charge in [-0.25, -0.2) is 15.0 Å². The summed E-state index contributed by atoms with van der Waals surface area (Å²) < 4.78 is 8.49. The lowest BCUT2D eigenvalue weighted by Crippen LogP contribution is -2.00. The Hall–Kier alpha value is -7.11. The predicted octanol–water partition coefficient (Wildman–Crippen LogP) is 12.2. The predicted molar refractivity (Wildman–Crippen MR) is 213 cm³/mol. The van der Waals surface area contributed by atoms with E-state index in [0.29, 0.717) is 17.5 Å². The Morgan fingerprint density at radius 3 is 1.46 bits per heavy atom. The molecule has 0 aliphatic rings. The van der Waals surface area contributed by atoms with Gasteiger partial charge in [0.05, 0.1) is 11.0 Å². The topological polar surface area (TPSA) is 56.7 Å². The summed E-state index contributed by atoms with van der Waals surface area (Å²) in [5.74, 6) is 1.86. The number of hydrogen-bond acceptors (Lipinski definition) is 4. The molecule has 0 radical (unpaired) electrons. The largest absolute Gasteiger partial charge is 0.456 e. The Labute approximate surface area is 298 Å². The molecule has 52 heavy (non-hydrogen) atoms. The van der Waals surface area contributed by atoms with Crippen molar-refractivity contribution in [2.24, 2.45) is 0 Å². The first-order valence-corrected chi connectivity index (χ1v) is 17.4. The standard InChI is InChI=1S/C47H28N4O/c1-2-10-29(11-3-1)45-48-46(50-47(49-45)35-20-23-44-40(26-35)37-16-8-9-17-43(37)52-44)30-18-21-36(22-19-30)51-41-27-33-14-6-4-12-31(33)24-38(41)39-25-32-13-5-7-15-34(32)28-42(39)51/h1-28H. The second-order valence-corrected chi connectivity index (χ2v) is 13.3. The van der Waals surface area contributed by atoms with Gasteiger partial charge in [0.15, 0.2) is 17.5 Å². The van der Waals surface area contributed by atoms with Gasteiger partial charge >= 0.3 is 0 Å². The van der Waals surface area contributed by atoms with Crippen LogP contribution in [0.25, 0.3) is 105 Å². The molecule has 8 aromatic carbocycles. The Morgan fingerprint density at radius 2 is 0.827 bits per heavy atom. The first-order chi connectivity index (χ1) is 25.7. The number of fused-ring (bicyclic) bond motifs is 8. The third-order valence-electron chi connectivity index (χ3n) is 10.2. The lowest BCUT2D eigenvalue weighted by molar-refractivity contribution is 0.669. The van der Waals surface area contributed by atoms with Crippen molar-refractivity contribution < 1.29 is 4.42 Å². The summed E-state index contributed by atoms with van der Waals surface area (Å²) in [7, 11) is 0. The zero-order valence-corrected chi connectivity index (χ0v) is 27.9. The zero-order valence-electron chi connectivity index (χ0n) is 27.9. The van der Waals surface area contributed by atoms with E-state index in [9.17, 15) is 0 Å². The summed E-state index contributed by atoms with van der Waals surface area (Å²) in [6, 6.07) is 59.4. The van der Waals surface area contributed by atoms with Crippen molar-refractivity contribution in [3.05, 3.63) is 170 Å². The van der Waals surface area contributed by atoms with Crippen molar-refractivity contribution >= 4 is 65.3 Å². The van der Waals surface area contributed by atoms with Gasteiger partial charge in [-0.3, -0.25) is 0 Å². The fourth-order valence-electron chi connectivity index (χ4n) is 7.64. The average molecular weight is 665 g/mol. The van der Waals surface area contributed by atoms with Crippen LogP contribution in [0.4, 0.5) is 0 Å². The van der Waals surface area contributed by atoms with Gasteiger partial charge in [0, 0.05) is 43.9 Å². The third-order valence-corrected chi connectivity index (χ3v) is 10.2. The molecule has 5 heteroatoms. The normalized spacial score (nSPS) is 11.8. The highest BCUT2D eigenvalue weighted by Gasteiger charge is 2.17. The maximum atomic E-state index is 6.11. The summed E-state index contributed by atoms with van der Waals surface area (Å²) in [6.07, 6.45) is 0. The molecular formula is C47H28N4O. The van der Waals surface area contributed by atoms with Crippen molar-refractivity contribution in [3.63, 3.8) is 0 Å². The van der Waals surface area contributed by atoms with E-state index >= 15 is 0 Å². The molecular weight excluding hydrogens is 637 g/mol. The van der Waals surface area contributed by atoms with Gasteiger partial charge in [0.25, 0.3) is 0 Å². The van der Waals surface area contributed by atoms with Crippen LogP contribution >= 0.6 is 0 Å². The van der Waals surface area contributed by atoms with Crippen LogP contribution in [0.1, 0.15) is 0 Å². The first kappa shape index (κ1) is 28.7. The molecule has 0 N–H and O–H groups in total. The van der Waals surface area contributed by atoms with Crippen LogP contribution in [0.2, 0.25) is 0 Å². The highest BCUT2D eigenvalue weighted by Crippen LogP contribution is 2.38. The van der Waals surface area contributed by atoms with Gasteiger partial charge in [-0.1, -0.05) is 97.1 Å². The van der Waals surface area contributed by atoms with Crippen LogP contribution in [-0.2, 0) is 0 Å². The molecule has 5 nitrogen and oxygen atoms in total. The SMILES string of the molecule is c1ccc(-c2nc(-c3ccc(-n4c5cc6ccccc6cc5c5cc6ccccc6cc54)cc3)nc(-c3ccc4oc5ccccc5c4c3)n2)cc1. The highest BCUT2D eigenvalue weighted by molar-refractivity contribution is 6.16. The number of hydrogen-bond donors (Lipinski definition) is 0. The first-order valence-electron chi connectivity index (χ1n) is 17.4. The van der Waals surface area contributed by atoms with Crippen molar-refractivity contribution in [1.29, 1.82) is 0 Å². The maximum absolute atomic E-state index is 6.11. The molecule has 3 heterocycles. The second-order valence-electron chi connectivity index (χ2n) is 13.3. The van der Waals surface area contributed by atoms with Gasteiger partial charge in [-0.2, -0.15) is 0 Å². The van der Waals surface area contributed by atoms with Gasteiger partial charge < -0.3 is 8.98 Å². The van der Waals surface area contributed by atoms with Crippen LogP contribution in [-0.4, -0.2) is 19.5 Å². The van der Waals surface area contributed by atoms with Crippen LogP contribution in [0.15, 0.2) is 174 Å². The Bertz CT molecular complexity index is 3080. The van der Waals surface area contributed by atoms with E-state index in [2.05, 4.69) is 114 Å². The molecule has 11 aromatic rings. The number of furan rings is 1. The fourth-order valence-corrected chi connectivity index (χ4v) is 7.64. The van der Waals surface area contributed by atoms with Crippen molar-refractivity contribution in [2.45, 2.75) is 0 Å². The van der Waals surface area contributed by atoms with E-state index in [1.807, 2.05) is 60.7 Å². The van der Waals surface area contributed by atoms with E-state index in [-0.39, 0.29) is 0 Å². The summed E-state index contributed by atoms with van der Waals surface area (Å²) in [6.45, 7) is 0. The van der Waals surface area contributed by atoms with E-state index in [0.717, 1.165) is 44.3 Å². The lowest BCUT2D eigenvalue weighted by Gasteiger charge is -2.11. The van der Waals surface area contributed by atoms with E-state index in [1.54, 1.807) is 0 Å². The van der Waals surface area contributed by atoms with Gasteiger partial charge in [0.1, 0.15) is 11.2 Å². The van der Waals surface area contributed by atoms with E-state index < -0.39 is 0 Å². The summed E-state index contributed by atoms with van der Waals surface area (Å²) >= 11 is 0. The Balaban J connectivity index is 1.08. The molecule has 0 atom stereocenters. The molecule has 0 fully saturated rings. The second kappa shape index (κ2) is 11.2. The monoisotopic (exact) mass is 664 g/mol. The molecule has 0 aliphatic carbocycles. The number of rotatable bonds is 4. The minimum atomic E-state index is 0.612. The van der Waals surface area contributed by atoms with Gasteiger partial charge in [-0.15, -0.1) is 0 Å². The summed E-state index contributed by atoms with van der Waals surface area (Å²) in [5.41, 5.74) is 7.87. The van der Waals surface area contributed by atoms with Crippen LogP contribution in [0.3, 0.4) is 0 Å². The molecule has 0 unspecified atom stereocenters. The van der Waals surface area contributed by atoms with E-state index in [4.69, 9.17) is 19.4 Å². The Kier molecular flexibility index (Phi) is 6.18. The molecule has 0 saturated heterocycles. The molecule has 11 rings (SSSR count). The Morgan fingerprint density at radius 1 is 0.346 bits per heavy atom. The van der Waals surface area contributed by atoms with Gasteiger partial charge in [0.2, 0.25) is 0 Å². The molecule has 242 valence electrons. The zero-order chi connectivity index (χ0) is 34.2. The highest BCUT2D eigenvalue weighted by atomic mass is 16.3. The molecule has 0 spiro atoms. The van der Waals surface area contributed by atoms with Crippen LogP contribution in [0.5, 0.6) is 0 Å². The maximum Gasteiger partial charge on any atom is 0.164 e. The summed E-state index contributed by atoms with van der Waals surface area (Å²) in [4.78, 5) is 15.1. The van der Waals surface area contributed by atoms with Gasteiger partial charge in [-0.05, 0) is 94.3 Å². The van der Waals surface area contributed by atoms with E-state index in [1.165, 1.54) is 43.4 Å².